The molecule has 1 aromatic rings. The second kappa shape index (κ2) is 5.27. The number of carboxylic acid groups (broad SMARTS) is 1. The van der Waals surface area contributed by atoms with Crippen LogP contribution >= 0.6 is 0 Å². The lowest BCUT2D eigenvalue weighted by atomic mass is 9.84. The Kier molecular flexibility index (Phi) is 3.74. The van der Waals surface area contributed by atoms with E-state index in [0.29, 0.717) is 5.56 Å². The molecule has 0 aromatic heterocycles. The van der Waals surface area contributed by atoms with Crippen molar-refractivity contribution < 1.29 is 14.3 Å². The first-order valence-corrected chi connectivity index (χ1v) is 5.88. The van der Waals surface area contributed by atoms with Gasteiger partial charge < -0.3 is 10.4 Å². The molecule has 0 radical (unpaired) electrons. The molecule has 0 unspecified atom stereocenters. The Bertz CT molecular complexity index is 408. The van der Waals surface area contributed by atoms with E-state index in [0.717, 1.165) is 19.4 Å². The van der Waals surface area contributed by atoms with E-state index in [9.17, 15) is 9.18 Å². The summed E-state index contributed by atoms with van der Waals surface area (Å²) in [5.41, 5.74) is 0.582. The number of hydrogen-bond acceptors (Lipinski definition) is 2. The number of benzene rings is 1. The van der Waals surface area contributed by atoms with E-state index in [1.807, 2.05) is 0 Å². The van der Waals surface area contributed by atoms with Gasteiger partial charge in [-0.25, -0.2) is 4.39 Å². The highest BCUT2D eigenvalue weighted by Crippen LogP contribution is 2.32. The number of aliphatic carboxylic acids is 1. The minimum absolute atomic E-state index is 0.0295. The fourth-order valence-corrected chi connectivity index (χ4v) is 2.49. The highest BCUT2D eigenvalue weighted by atomic mass is 19.1. The molecule has 1 fully saturated rings. The van der Waals surface area contributed by atoms with Gasteiger partial charge in [0, 0.05) is 18.0 Å². The average molecular weight is 237 g/mol. The van der Waals surface area contributed by atoms with Crippen molar-refractivity contribution in [1.29, 1.82) is 0 Å². The zero-order valence-electron chi connectivity index (χ0n) is 9.53. The van der Waals surface area contributed by atoms with Gasteiger partial charge in [-0.15, -0.1) is 0 Å². The molecule has 0 amide bonds. The maximum Gasteiger partial charge on any atom is 0.303 e. The Morgan fingerprint density at radius 2 is 2.24 bits per heavy atom. The molecule has 0 aliphatic carbocycles. The van der Waals surface area contributed by atoms with E-state index in [1.54, 1.807) is 18.2 Å². The molecule has 1 saturated heterocycles. The first-order chi connectivity index (χ1) is 8.18. The smallest absolute Gasteiger partial charge is 0.303 e. The van der Waals surface area contributed by atoms with Crippen molar-refractivity contribution in [3.8, 4) is 0 Å². The normalized spacial score (nSPS) is 24.5. The van der Waals surface area contributed by atoms with Gasteiger partial charge in [-0.2, -0.15) is 0 Å². The molecule has 0 saturated carbocycles. The second-order valence-corrected chi connectivity index (χ2v) is 4.45. The lowest BCUT2D eigenvalue weighted by Gasteiger charge is -2.32. The van der Waals surface area contributed by atoms with Crippen LogP contribution in [0.5, 0.6) is 0 Å². The predicted octanol–water partition coefficient (Wildman–Crippen LogP) is 2.34. The van der Waals surface area contributed by atoms with Crippen molar-refractivity contribution in [3.05, 3.63) is 35.6 Å². The van der Waals surface area contributed by atoms with Gasteiger partial charge in [0.15, 0.2) is 0 Å². The van der Waals surface area contributed by atoms with Crippen molar-refractivity contribution >= 4 is 5.97 Å². The summed E-state index contributed by atoms with van der Waals surface area (Å²) in [6.07, 6.45) is 1.87. The lowest BCUT2D eigenvalue weighted by Crippen LogP contribution is -2.35. The minimum Gasteiger partial charge on any atom is -0.481 e. The maximum absolute atomic E-state index is 13.7. The molecule has 0 bridgehead atoms. The van der Waals surface area contributed by atoms with Crippen LogP contribution in [0.15, 0.2) is 24.3 Å². The second-order valence-electron chi connectivity index (χ2n) is 4.45. The minimum atomic E-state index is -0.819. The van der Waals surface area contributed by atoms with Crippen molar-refractivity contribution in [2.75, 3.05) is 6.54 Å². The van der Waals surface area contributed by atoms with E-state index >= 15 is 0 Å². The highest BCUT2D eigenvalue weighted by Gasteiger charge is 2.29. The molecule has 4 heteroatoms. The van der Waals surface area contributed by atoms with E-state index < -0.39 is 5.97 Å². The molecule has 1 aliphatic rings. The van der Waals surface area contributed by atoms with Gasteiger partial charge in [0.25, 0.3) is 0 Å². The maximum atomic E-state index is 13.7. The van der Waals surface area contributed by atoms with Crippen molar-refractivity contribution in [2.24, 2.45) is 5.92 Å². The van der Waals surface area contributed by atoms with Gasteiger partial charge in [-0.3, -0.25) is 4.79 Å². The number of carboxylic acids is 1. The van der Waals surface area contributed by atoms with Crippen molar-refractivity contribution in [2.45, 2.75) is 25.3 Å². The number of hydrogen-bond donors (Lipinski definition) is 2. The Balaban J connectivity index is 2.21. The van der Waals surface area contributed by atoms with Crippen LogP contribution in [-0.4, -0.2) is 17.6 Å². The summed E-state index contributed by atoms with van der Waals surface area (Å²) in [4.78, 5) is 10.8. The molecule has 1 heterocycles. The molecule has 1 aliphatic heterocycles. The summed E-state index contributed by atoms with van der Waals surface area (Å²) in [5, 5.41) is 12.1. The average Bonchev–Trinajstić information content (AvgIpc) is 2.30. The molecular formula is C13H16FNO2. The number of nitrogens with one attached hydrogen (secondary N) is 1. The van der Waals surface area contributed by atoms with E-state index in [2.05, 4.69) is 5.32 Å². The predicted molar refractivity (Wildman–Crippen MR) is 62.1 cm³/mol. The third kappa shape index (κ3) is 2.82. The first kappa shape index (κ1) is 12.0. The van der Waals surface area contributed by atoms with E-state index in [-0.39, 0.29) is 24.2 Å². The van der Waals surface area contributed by atoms with Crippen molar-refractivity contribution in [3.63, 3.8) is 0 Å². The van der Waals surface area contributed by atoms with E-state index in [1.165, 1.54) is 6.07 Å². The number of carbonyl (C=O) groups is 1. The zero-order valence-corrected chi connectivity index (χ0v) is 9.53. The Hall–Kier alpha value is -1.42. The summed E-state index contributed by atoms with van der Waals surface area (Å²) >= 11 is 0. The molecule has 2 N–H and O–H groups in total. The van der Waals surface area contributed by atoms with Gasteiger partial charge >= 0.3 is 5.97 Å². The standard InChI is InChI=1S/C13H16FNO2/c14-11-6-2-1-5-10(11)13-9(8-12(16)17)4-3-7-15-13/h1-2,5-6,9,13,15H,3-4,7-8H2,(H,16,17)/t9-,13+/m1/s1. The molecule has 92 valence electrons. The zero-order chi connectivity index (χ0) is 12.3. The molecule has 17 heavy (non-hydrogen) atoms. The first-order valence-electron chi connectivity index (χ1n) is 5.88. The van der Waals surface area contributed by atoms with Gasteiger partial charge in [0.1, 0.15) is 5.82 Å². The number of halogens is 1. The lowest BCUT2D eigenvalue weighted by molar-refractivity contribution is -0.138. The molecule has 1 aromatic carbocycles. The van der Waals surface area contributed by atoms with Gasteiger partial charge in [0.05, 0.1) is 0 Å². The van der Waals surface area contributed by atoms with Crippen LogP contribution in [0.3, 0.4) is 0 Å². The van der Waals surface area contributed by atoms with Gasteiger partial charge in [0.2, 0.25) is 0 Å². The summed E-state index contributed by atoms with van der Waals surface area (Å²) in [5.74, 6) is -1.11. The fourth-order valence-electron chi connectivity index (χ4n) is 2.49. The van der Waals surface area contributed by atoms with Gasteiger partial charge in [-0.1, -0.05) is 18.2 Å². The third-order valence-corrected chi connectivity index (χ3v) is 3.26. The van der Waals surface area contributed by atoms with Gasteiger partial charge in [-0.05, 0) is 31.4 Å². The van der Waals surface area contributed by atoms with Crippen LogP contribution in [-0.2, 0) is 4.79 Å². The molecule has 3 nitrogen and oxygen atoms in total. The Morgan fingerprint density at radius 1 is 1.47 bits per heavy atom. The van der Waals surface area contributed by atoms with Crippen LogP contribution < -0.4 is 5.32 Å². The Labute approximate surface area is 99.7 Å². The molecule has 0 spiro atoms. The fraction of sp³-hybridized carbons (Fsp3) is 0.462. The number of rotatable bonds is 3. The van der Waals surface area contributed by atoms with E-state index in [4.69, 9.17) is 5.11 Å². The summed E-state index contributed by atoms with van der Waals surface area (Å²) < 4.78 is 13.7. The summed E-state index contributed by atoms with van der Waals surface area (Å²) in [6.45, 7) is 0.815. The van der Waals surface area contributed by atoms with Crippen molar-refractivity contribution in [1.82, 2.24) is 5.32 Å². The largest absolute Gasteiger partial charge is 0.481 e. The summed E-state index contributed by atoms with van der Waals surface area (Å²) in [7, 11) is 0. The number of piperidine rings is 1. The topological polar surface area (TPSA) is 49.3 Å². The molecule has 2 atom stereocenters. The van der Waals surface area contributed by atoms with Crippen LogP contribution in [0.25, 0.3) is 0 Å². The quantitative estimate of drug-likeness (QED) is 0.848. The van der Waals surface area contributed by atoms with Crippen LogP contribution in [0, 0.1) is 11.7 Å². The van der Waals surface area contributed by atoms with Crippen LogP contribution in [0.2, 0.25) is 0 Å². The highest BCUT2D eigenvalue weighted by molar-refractivity contribution is 5.67. The summed E-state index contributed by atoms with van der Waals surface area (Å²) in [6, 6.07) is 6.40. The van der Waals surface area contributed by atoms with Crippen LogP contribution in [0.1, 0.15) is 30.9 Å². The third-order valence-electron chi connectivity index (χ3n) is 3.26. The monoisotopic (exact) mass is 237 g/mol. The van der Waals surface area contributed by atoms with Crippen LogP contribution in [0.4, 0.5) is 4.39 Å². The SMILES string of the molecule is O=C(O)C[C@H]1CCCN[C@@H]1c1ccccc1F. The Morgan fingerprint density at radius 3 is 2.94 bits per heavy atom. The molecule has 2 rings (SSSR count). The molecular weight excluding hydrogens is 221 g/mol.